The smallest absolute Gasteiger partial charge is 0.257 e. The number of fused-ring (bicyclic) bond motifs is 1. The molecule has 162 valence electrons. The molecule has 8 nitrogen and oxygen atoms in total. The molecule has 2 aliphatic heterocycles. The molecule has 0 saturated carbocycles. The second-order valence-corrected chi connectivity index (χ2v) is 9.83. The summed E-state index contributed by atoms with van der Waals surface area (Å²) in [6.07, 6.45) is 1.56. The van der Waals surface area contributed by atoms with Gasteiger partial charge in [0.25, 0.3) is 5.91 Å². The van der Waals surface area contributed by atoms with E-state index in [2.05, 4.69) is 10.2 Å². The van der Waals surface area contributed by atoms with E-state index in [1.165, 1.54) is 9.21 Å². The zero-order chi connectivity index (χ0) is 21.5. The minimum absolute atomic E-state index is 0.0609. The molecule has 4 rings (SSSR count). The van der Waals surface area contributed by atoms with Crippen LogP contribution in [0.5, 0.6) is 0 Å². The standard InChI is InChI=1S/C19H23F2N5O3S/c1-2-30(28,29)25-7-3-4-13(11-25)18-23-22-17-12-24(8-9-26(17)18)19(27)15-10-14(20)5-6-16(15)21/h5-6,10,13H,2-4,7-9,11-12H2,1H3. The number of piperidine rings is 1. The summed E-state index contributed by atoms with van der Waals surface area (Å²) < 4.78 is 55.3. The first kappa shape index (κ1) is 20.9. The van der Waals surface area contributed by atoms with Crippen molar-refractivity contribution in [3.8, 4) is 0 Å². The molecule has 0 bridgehead atoms. The molecule has 2 aliphatic rings. The number of hydrogen-bond donors (Lipinski definition) is 0. The maximum Gasteiger partial charge on any atom is 0.257 e. The van der Waals surface area contributed by atoms with Crippen LogP contribution < -0.4 is 0 Å². The Morgan fingerprint density at radius 1 is 1.20 bits per heavy atom. The van der Waals surface area contributed by atoms with Crippen LogP contribution in [-0.2, 0) is 23.1 Å². The highest BCUT2D eigenvalue weighted by atomic mass is 32.2. The lowest BCUT2D eigenvalue weighted by atomic mass is 9.98. The summed E-state index contributed by atoms with van der Waals surface area (Å²) in [5.41, 5.74) is -0.309. The second kappa shape index (κ2) is 8.03. The third-order valence-corrected chi connectivity index (χ3v) is 7.58. The Morgan fingerprint density at radius 2 is 2.00 bits per heavy atom. The molecule has 1 unspecified atom stereocenters. The van der Waals surface area contributed by atoms with E-state index in [0.29, 0.717) is 37.8 Å². The third kappa shape index (κ3) is 3.83. The fraction of sp³-hybridized carbons (Fsp3) is 0.526. The highest BCUT2D eigenvalue weighted by molar-refractivity contribution is 7.89. The van der Waals surface area contributed by atoms with Gasteiger partial charge in [0.05, 0.1) is 17.9 Å². The van der Waals surface area contributed by atoms with Gasteiger partial charge in [-0.3, -0.25) is 4.79 Å². The van der Waals surface area contributed by atoms with Gasteiger partial charge in [-0.1, -0.05) is 0 Å². The molecule has 1 saturated heterocycles. The molecule has 11 heteroatoms. The highest BCUT2D eigenvalue weighted by Crippen LogP contribution is 2.29. The van der Waals surface area contributed by atoms with E-state index < -0.39 is 27.6 Å². The molecular formula is C19H23F2N5O3S. The van der Waals surface area contributed by atoms with Crippen LogP contribution in [-0.4, -0.2) is 63.7 Å². The molecular weight excluding hydrogens is 416 g/mol. The molecule has 1 atom stereocenters. The van der Waals surface area contributed by atoms with Gasteiger partial charge in [0, 0.05) is 32.1 Å². The number of halogens is 2. The number of aromatic nitrogens is 3. The molecule has 1 aromatic heterocycles. The molecule has 1 fully saturated rings. The molecule has 0 radical (unpaired) electrons. The Morgan fingerprint density at radius 3 is 2.77 bits per heavy atom. The normalized spacial score (nSPS) is 20.2. The van der Waals surface area contributed by atoms with Crippen LogP contribution >= 0.6 is 0 Å². The zero-order valence-electron chi connectivity index (χ0n) is 16.6. The lowest BCUT2D eigenvalue weighted by Crippen LogP contribution is -2.42. The molecule has 1 aromatic carbocycles. The Labute approximate surface area is 173 Å². The summed E-state index contributed by atoms with van der Waals surface area (Å²) in [5.74, 6) is -0.780. The van der Waals surface area contributed by atoms with Crippen molar-refractivity contribution in [2.24, 2.45) is 0 Å². The summed E-state index contributed by atoms with van der Waals surface area (Å²) >= 11 is 0. The van der Waals surface area contributed by atoms with Gasteiger partial charge in [-0.2, -0.15) is 0 Å². The summed E-state index contributed by atoms with van der Waals surface area (Å²) in [6, 6.07) is 2.80. The van der Waals surface area contributed by atoms with Crippen LogP contribution in [0.25, 0.3) is 0 Å². The quantitative estimate of drug-likeness (QED) is 0.724. The molecule has 1 amide bonds. The van der Waals surface area contributed by atoms with Gasteiger partial charge in [-0.15, -0.1) is 10.2 Å². The van der Waals surface area contributed by atoms with Crippen molar-refractivity contribution in [2.45, 2.75) is 38.8 Å². The van der Waals surface area contributed by atoms with E-state index in [1.807, 2.05) is 4.57 Å². The summed E-state index contributed by atoms with van der Waals surface area (Å²) in [7, 11) is -3.27. The van der Waals surface area contributed by atoms with E-state index in [0.717, 1.165) is 31.0 Å². The van der Waals surface area contributed by atoms with Crippen LogP contribution in [0.1, 0.15) is 47.7 Å². The van der Waals surface area contributed by atoms with Crippen LogP contribution in [0.3, 0.4) is 0 Å². The van der Waals surface area contributed by atoms with E-state index >= 15 is 0 Å². The molecule has 0 N–H and O–H groups in total. The van der Waals surface area contributed by atoms with E-state index in [9.17, 15) is 22.0 Å². The van der Waals surface area contributed by atoms with Gasteiger partial charge in [0.15, 0.2) is 5.82 Å². The maximum absolute atomic E-state index is 14.0. The Kier molecular flexibility index (Phi) is 5.58. The fourth-order valence-electron chi connectivity index (χ4n) is 4.08. The van der Waals surface area contributed by atoms with E-state index in [1.54, 1.807) is 6.92 Å². The number of rotatable bonds is 4. The topological polar surface area (TPSA) is 88.4 Å². The first-order valence-corrected chi connectivity index (χ1v) is 11.5. The largest absolute Gasteiger partial charge is 0.329 e. The van der Waals surface area contributed by atoms with Crippen LogP contribution in [0.2, 0.25) is 0 Å². The van der Waals surface area contributed by atoms with Crippen molar-refractivity contribution < 1.29 is 22.0 Å². The number of benzene rings is 1. The maximum atomic E-state index is 14.0. The number of amides is 1. The summed E-state index contributed by atoms with van der Waals surface area (Å²) in [6.45, 7) is 3.35. The van der Waals surface area contributed by atoms with Crippen molar-refractivity contribution in [1.82, 2.24) is 24.0 Å². The van der Waals surface area contributed by atoms with E-state index in [-0.39, 0.29) is 23.8 Å². The Balaban J connectivity index is 1.52. The van der Waals surface area contributed by atoms with Crippen molar-refractivity contribution in [1.29, 1.82) is 0 Å². The van der Waals surface area contributed by atoms with Crippen LogP contribution in [0, 0.1) is 11.6 Å². The molecule has 3 heterocycles. The van der Waals surface area contributed by atoms with Crippen molar-refractivity contribution in [3.63, 3.8) is 0 Å². The highest BCUT2D eigenvalue weighted by Gasteiger charge is 2.34. The van der Waals surface area contributed by atoms with Crippen LogP contribution in [0.15, 0.2) is 18.2 Å². The third-order valence-electron chi connectivity index (χ3n) is 5.74. The van der Waals surface area contributed by atoms with Crippen molar-refractivity contribution >= 4 is 15.9 Å². The van der Waals surface area contributed by atoms with Crippen LogP contribution in [0.4, 0.5) is 8.78 Å². The Hall–Kier alpha value is -2.40. The number of carbonyl (C=O) groups excluding carboxylic acids is 1. The molecule has 0 aliphatic carbocycles. The first-order valence-electron chi connectivity index (χ1n) is 9.94. The number of nitrogens with zero attached hydrogens (tertiary/aromatic N) is 5. The fourth-order valence-corrected chi connectivity index (χ4v) is 5.26. The number of sulfonamides is 1. The van der Waals surface area contributed by atoms with Gasteiger partial charge in [0.1, 0.15) is 17.5 Å². The number of hydrogen-bond acceptors (Lipinski definition) is 5. The van der Waals surface area contributed by atoms with Gasteiger partial charge in [-0.25, -0.2) is 21.5 Å². The van der Waals surface area contributed by atoms with Gasteiger partial charge >= 0.3 is 0 Å². The van der Waals surface area contributed by atoms with Gasteiger partial charge in [0.2, 0.25) is 10.0 Å². The van der Waals surface area contributed by atoms with Gasteiger partial charge in [-0.05, 0) is 38.0 Å². The van der Waals surface area contributed by atoms with Crippen molar-refractivity contribution in [2.75, 3.05) is 25.4 Å². The Bertz CT molecular complexity index is 1070. The average molecular weight is 439 g/mol. The monoisotopic (exact) mass is 439 g/mol. The first-order chi connectivity index (χ1) is 14.3. The minimum atomic E-state index is -3.27. The molecule has 0 spiro atoms. The molecule has 2 aromatic rings. The second-order valence-electron chi connectivity index (χ2n) is 7.57. The lowest BCUT2D eigenvalue weighted by molar-refractivity contribution is 0.0700. The SMILES string of the molecule is CCS(=O)(=O)N1CCCC(c2nnc3n2CCN(C(=O)c2cc(F)ccc2F)C3)C1. The summed E-state index contributed by atoms with van der Waals surface area (Å²) in [4.78, 5) is 14.1. The lowest BCUT2D eigenvalue weighted by Gasteiger charge is -2.33. The number of carbonyl (C=O) groups is 1. The van der Waals surface area contributed by atoms with Crippen molar-refractivity contribution in [3.05, 3.63) is 47.0 Å². The summed E-state index contributed by atoms with van der Waals surface area (Å²) in [5, 5.41) is 8.47. The molecule has 30 heavy (non-hydrogen) atoms. The zero-order valence-corrected chi connectivity index (χ0v) is 17.4. The van der Waals surface area contributed by atoms with Gasteiger partial charge < -0.3 is 9.47 Å². The average Bonchev–Trinajstić information content (AvgIpc) is 3.18. The van der Waals surface area contributed by atoms with E-state index in [4.69, 9.17) is 0 Å². The minimum Gasteiger partial charge on any atom is -0.329 e. The predicted octanol–water partition coefficient (Wildman–Crippen LogP) is 1.74. The predicted molar refractivity (Wildman–Crippen MR) is 104 cm³/mol.